The van der Waals surface area contributed by atoms with E-state index in [1.165, 1.54) is 4.90 Å². The van der Waals surface area contributed by atoms with E-state index in [-0.39, 0.29) is 18.4 Å². The number of ether oxygens (including phenoxy) is 1. The number of amides is 2. The highest BCUT2D eigenvalue weighted by Crippen LogP contribution is 2.33. The van der Waals surface area contributed by atoms with Gasteiger partial charge in [0, 0.05) is 18.1 Å². The number of nitrogens with one attached hydrogen (secondary N) is 1. The fourth-order valence-electron chi connectivity index (χ4n) is 2.30. The van der Waals surface area contributed by atoms with Gasteiger partial charge in [0.15, 0.2) is 6.10 Å². The molecule has 0 unspecified atom stereocenters. The Labute approximate surface area is 127 Å². The molecule has 2 amide bonds. The van der Waals surface area contributed by atoms with Gasteiger partial charge in [-0.3, -0.25) is 19.5 Å². The van der Waals surface area contributed by atoms with Crippen molar-refractivity contribution in [2.24, 2.45) is 0 Å². The van der Waals surface area contributed by atoms with Crippen LogP contribution < -0.4 is 15.0 Å². The number of benzene rings is 1. The molecule has 1 N–H and O–H groups in total. The highest BCUT2D eigenvalue weighted by molar-refractivity contribution is 6.06. The van der Waals surface area contributed by atoms with Gasteiger partial charge in [0.05, 0.1) is 5.69 Å². The third kappa shape index (κ3) is 2.76. The molecular formula is C16H15N3O3. The summed E-state index contributed by atoms with van der Waals surface area (Å²) < 4.78 is 5.54. The quantitative estimate of drug-likeness (QED) is 0.938. The van der Waals surface area contributed by atoms with Gasteiger partial charge in [0.25, 0.3) is 5.91 Å². The molecule has 0 saturated heterocycles. The van der Waals surface area contributed by atoms with Gasteiger partial charge in [-0.1, -0.05) is 12.1 Å². The number of anilines is 2. The van der Waals surface area contributed by atoms with Crippen LogP contribution in [0.2, 0.25) is 0 Å². The van der Waals surface area contributed by atoms with Crippen LogP contribution in [0.5, 0.6) is 5.75 Å². The van der Waals surface area contributed by atoms with Crippen LogP contribution in [0, 0.1) is 0 Å². The largest absolute Gasteiger partial charge is 0.479 e. The monoisotopic (exact) mass is 297 g/mol. The highest BCUT2D eigenvalue weighted by Gasteiger charge is 2.32. The lowest BCUT2D eigenvalue weighted by Gasteiger charge is -2.32. The van der Waals surface area contributed by atoms with Crippen molar-refractivity contribution in [3.63, 3.8) is 0 Å². The number of fused-ring (bicyclic) bond motifs is 1. The number of hydrogen-bond donors (Lipinski definition) is 1. The van der Waals surface area contributed by atoms with Gasteiger partial charge in [0.1, 0.15) is 12.3 Å². The molecule has 0 spiro atoms. The second-order valence-corrected chi connectivity index (χ2v) is 4.94. The molecule has 2 aromatic rings. The Hall–Kier alpha value is -2.89. The van der Waals surface area contributed by atoms with Gasteiger partial charge in [-0.2, -0.15) is 0 Å². The second-order valence-electron chi connectivity index (χ2n) is 4.94. The molecule has 0 radical (unpaired) electrons. The first-order chi connectivity index (χ1) is 10.6. The Kier molecular flexibility index (Phi) is 3.74. The summed E-state index contributed by atoms with van der Waals surface area (Å²) >= 11 is 0. The van der Waals surface area contributed by atoms with Crippen LogP contribution in [0.3, 0.4) is 0 Å². The minimum Gasteiger partial charge on any atom is -0.479 e. The Bertz CT molecular complexity index is 703. The van der Waals surface area contributed by atoms with E-state index in [0.29, 0.717) is 17.1 Å². The predicted molar refractivity (Wildman–Crippen MR) is 81.8 cm³/mol. The van der Waals surface area contributed by atoms with Gasteiger partial charge >= 0.3 is 0 Å². The predicted octanol–water partition coefficient (Wildman–Crippen LogP) is 1.83. The van der Waals surface area contributed by atoms with Crippen LogP contribution in [0.15, 0.2) is 48.8 Å². The van der Waals surface area contributed by atoms with Crippen molar-refractivity contribution in [2.45, 2.75) is 13.0 Å². The molecule has 112 valence electrons. The van der Waals surface area contributed by atoms with Crippen LogP contribution in [-0.4, -0.2) is 29.4 Å². The lowest BCUT2D eigenvalue weighted by Crippen LogP contribution is -2.47. The summed E-state index contributed by atoms with van der Waals surface area (Å²) in [6.45, 7) is 1.61. The molecular weight excluding hydrogens is 282 g/mol. The number of carbonyl (C=O) groups excluding carboxylic acids is 2. The summed E-state index contributed by atoms with van der Waals surface area (Å²) in [5.74, 6) is 0.0957. The number of carbonyl (C=O) groups is 2. The lowest BCUT2D eigenvalue weighted by atomic mass is 10.2. The summed E-state index contributed by atoms with van der Waals surface area (Å²) in [6.07, 6.45) is 2.57. The normalized spacial score (nSPS) is 16.7. The standard InChI is InChI=1S/C16H15N3O3/c1-11-16(21)19(13-4-2-3-5-14(13)22-11)10-15(20)18-12-6-8-17-9-7-12/h2-9,11H,10H2,1H3,(H,17,18,20)/t11-/m1/s1. The number of pyridine rings is 1. The van der Waals surface area contributed by atoms with Crippen molar-refractivity contribution in [1.29, 1.82) is 0 Å². The third-order valence-corrected chi connectivity index (χ3v) is 3.34. The van der Waals surface area contributed by atoms with Gasteiger partial charge in [-0.15, -0.1) is 0 Å². The van der Waals surface area contributed by atoms with Crippen molar-refractivity contribution >= 4 is 23.2 Å². The molecule has 1 aromatic carbocycles. The summed E-state index contributed by atoms with van der Waals surface area (Å²) in [7, 11) is 0. The molecule has 6 nitrogen and oxygen atoms in total. The molecule has 0 fully saturated rings. The molecule has 1 atom stereocenters. The smallest absolute Gasteiger partial charge is 0.268 e. The molecule has 1 aromatic heterocycles. The van der Waals surface area contributed by atoms with E-state index in [1.807, 2.05) is 6.07 Å². The highest BCUT2D eigenvalue weighted by atomic mass is 16.5. The van der Waals surface area contributed by atoms with E-state index in [9.17, 15) is 9.59 Å². The summed E-state index contributed by atoms with van der Waals surface area (Å²) in [5, 5.41) is 2.74. The maximum atomic E-state index is 12.3. The molecule has 3 rings (SSSR count). The Morgan fingerprint density at radius 2 is 2.00 bits per heavy atom. The first-order valence-electron chi connectivity index (χ1n) is 6.92. The van der Waals surface area contributed by atoms with Crippen molar-refractivity contribution in [1.82, 2.24) is 4.98 Å². The SMILES string of the molecule is C[C@H]1Oc2ccccc2N(CC(=O)Nc2ccncc2)C1=O. The second kappa shape index (κ2) is 5.85. The molecule has 6 heteroatoms. The minimum atomic E-state index is -0.608. The first kappa shape index (κ1) is 14.1. The fraction of sp³-hybridized carbons (Fsp3) is 0.188. The molecule has 0 aliphatic carbocycles. The third-order valence-electron chi connectivity index (χ3n) is 3.34. The summed E-state index contributed by atoms with van der Waals surface area (Å²) in [4.78, 5) is 29.8. The van der Waals surface area contributed by atoms with E-state index in [4.69, 9.17) is 4.74 Å². The maximum Gasteiger partial charge on any atom is 0.268 e. The van der Waals surface area contributed by atoms with Crippen LogP contribution in [0.25, 0.3) is 0 Å². The average molecular weight is 297 g/mol. The number of rotatable bonds is 3. The maximum absolute atomic E-state index is 12.3. The van der Waals surface area contributed by atoms with Gasteiger partial charge < -0.3 is 10.1 Å². The van der Waals surface area contributed by atoms with E-state index in [1.54, 1.807) is 49.6 Å². The zero-order valence-electron chi connectivity index (χ0n) is 12.0. The summed E-state index contributed by atoms with van der Waals surface area (Å²) in [5.41, 5.74) is 1.25. The number of aromatic nitrogens is 1. The van der Waals surface area contributed by atoms with E-state index in [2.05, 4.69) is 10.3 Å². The van der Waals surface area contributed by atoms with Crippen molar-refractivity contribution in [3.8, 4) is 5.75 Å². The number of para-hydroxylation sites is 2. The van der Waals surface area contributed by atoms with Gasteiger partial charge in [-0.25, -0.2) is 0 Å². The zero-order valence-corrected chi connectivity index (χ0v) is 12.0. The van der Waals surface area contributed by atoms with Crippen LogP contribution in [-0.2, 0) is 9.59 Å². The fourth-order valence-corrected chi connectivity index (χ4v) is 2.30. The van der Waals surface area contributed by atoms with Crippen molar-refractivity contribution in [2.75, 3.05) is 16.8 Å². The molecule has 0 bridgehead atoms. The van der Waals surface area contributed by atoms with Crippen LogP contribution in [0.1, 0.15) is 6.92 Å². The van der Waals surface area contributed by atoms with Crippen molar-refractivity contribution in [3.05, 3.63) is 48.8 Å². The van der Waals surface area contributed by atoms with E-state index >= 15 is 0 Å². The number of nitrogens with zero attached hydrogens (tertiary/aromatic N) is 2. The Morgan fingerprint density at radius 3 is 2.77 bits per heavy atom. The average Bonchev–Trinajstić information content (AvgIpc) is 2.53. The lowest BCUT2D eigenvalue weighted by molar-refractivity contribution is -0.127. The van der Waals surface area contributed by atoms with E-state index < -0.39 is 6.10 Å². The van der Waals surface area contributed by atoms with Crippen LogP contribution in [0.4, 0.5) is 11.4 Å². The van der Waals surface area contributed by atoms with Crippen LogP contribution >= 0.6 is 0 Å². The Morgan fingerprint density at radius 1 is 1.27 bits per heavy atom. The summed E-state index contributed by atoms with van der Waals surface area (Å²) in [6, 6.07) is 10.6. The molecule has 1 aliphatic rings. The molecule has 0 saturated carbocycles. The van der Waals surface area contributed by atoms with Gasteiger partial charge in [0.2, 0.25) is 5.91 Å². The molecule has 22 heavy (non-hydrogen) atoms. The van der Waals surface area contributed by atoms with Crippen molar-refractivity contribution < 1.29 is 14.3 Å². The molecule has 2 heterocycles. The number of hydrogen-bond acceptors (Lipinski definition) is 4. The minimum absolute atomic E-state index is 0.0636. The Balaban J connectivity index is 1.79. The van der Waals surface area contributed by atoms with E-state index in [0.717, 1.165) is 0 Å². The topological polar surface area (TPSA) is 71.5 Å². The van der Waals surface area contributed by atoms with Gasteiger partial charge in [-0.05, 0) is 31.2 Å². The molecule has 1 aliphatic heterocycles. The zero-order chi connectivity index (χ0) is 15.5. The first-order valence-corrected chi connectivity index (χ1v) is 6.92.